The number of hydrogen-bond donors (Lipinski definition) is 4. The fourth-order valence-electron chi connectivity index (χ4n) is 16.2. The van der Waals surface area contributed by atoms with Gasteiger partial charge in [0, 0.05) is 104 Å². The highest BCUT2D eigenvalue weighted by atomic mass is 32.1. The monoisotopic (exact) mass is 1450 g/mol. The van der Waals surface area contributed by atoms with Crippen LogP contribution in [0.4, 0.5) is 19.4 Å². The van der Waals surface area contributed by atoms with Gasteiger partial charge < -0.3 is 49.8 Å². The Balaban J connectivity index is 0.649. The third-order valence-electron chi connectivity index (χ3n) is 21.7. The quantitative estimate of drug-likeness (QED) is 0.0280. The number of fused-ring (bicyclic) bond motifs is 7. The van der Waals surface area contributed by atoms with Crippen LogP contribution in [0, 0.1) is 41.9 Å². The lowest BCUT2D eigenvalue weighted by Crippen LogP contribution is -2.57. The number of thiazole rings is 1. The van der Waals surface area contributed by atoms with Gasteiger partial charge >= 0.3 is 12.1 Å². The molecule has 4 saturated heterocycles. The first kappa shape index (κ1) is 70.7. The van der Waals surface area contributed by atoms with Gasteiger partial charge in [-0.25, -0.2) is 23.2 Å². The largest absolute Gasteiger partial charge is 0.462 e. The number of β-amino-alcohol motifs (C(OH)–C–C–N with tert-alkyl or cyclic N) is 1. The number of halogens is 2. The molecule has 1 spiro atoms. The van der Waals surface area contributed by atoms with Gasteiger partial charge in [-0.2, -0.15) is 15.1 Å². The van der Waals surface area contributed by atoms with Gasteiger partial charge in [-0.3, -0.25) is 24.3 Å². The van der Waals surface area contributed by atoms with E-state index in [9.17, 15) is 29.4 Å². The van der Waals surface area contributed by atoms with Crippen LogP contribution in [0.5, 0.6) is 6.01 Å². The molecule has 4 amide bonds. The number of aromatic nitrogens is 6. The number of nitrogens with zero attached hydrogens (tertiary/aromatic N) is 10. The fourth-order valence-corrected chi connectivity index (χ4v) is 19.8. The molecule has 4 aliphatic heterocycles. The zero-order chi connectivity index (χ0) is 71.2. The summed E-state index contributed by atoms with van der Waals surface area (Å²) in [5.74, 6) is -0.963. The number of likely N-dealkylation sites (tertiary alicyclic amines) is 2. The van der Waals surface area contributed by atoms with Crippen LogP contribution in [0.15, 0.2) is 59.7 Å². The molecule has 8 aromatic rings. The van der Waals surface area contributed by atoms with Crippen LogP contribution in [-0.4, -0.2) is 187 Å². The average molecular weight is 1450 g/mol. The number of hydrogen-bond acceptors (Lipinski definition) is 19. The van der Waals surface area contributed by atoms with Gasteiger partial charge in [0.15, 0.2) is 0 Å². The van der Waals surface area contributed by atoms with E-state index in [4.69, 9.17) is 40.7 Å². The van der Waals surface area contributed by atoms with E-state index in [1.165, 1.54) is 27.6 Å². The van der Waals surface area contributed by atoms with Crippen molar-refractivity contribution >= 4 is 113 Å². The molecule has 2 aliphatic carbocycles. The number of pyridine rings is 1. The fraction of sp³-hybridized carbons (Fsp3) is 0.554. The number of carbonyl (C=O) groups excluding carboxylic acids is 4. The van der Waals surface area contributed by atoms with Crippen molar-refractivity contribution in [2.45, 2.75) is 180 Å². The minimum Gasteiger partial charge on any atom is -0.462 e. The van der Waals surface area contributed by atoms with E-state index >= 15 is 8.78 Å². The van der Waals surface area contributed by atoms with Crippen molar-refractivity contribution in [2.75, 3.05) is 64.0 Å². The minimum atomic E-state index is -2.99. The first-order chi connectivity index (χ1) is 48.1. The molecule has 21 nitrogen and oxygen atoms in total. The third kappa shape index (κ3) is 14.1. The molecule has 4 N–H and O–H groups in total. The maximum Gasteiger partial charge on any atom is 0.410 e. The molecule has 27 heteroatoms. The Kier molecular flexibility index (Phi) is 19.2. The number of aryl methyl sites for hydroxylation is 1. The van der Waals surface area contributed by atoms with E-state index in [1.54, 1.807) is 23.0 Å². The highest BCUT2D eigenvalue weighted by Gasteiger charge is 2.72. The van der Waals surface area contributed by atoms with Crippen LogP contribution in [0.25, 0.3) is 63.0 Å². The molecule has 101 heavy (non-hydrogen) atoms. The number of alkyl halides is 2. The topological polar surface area (TPSA) is 243 Å². The Labute approximate surface area is 599 Å². The van der Waals surface area contributed by atoms with E-state index in [-0.39, 0.29) is 99.6 Å². The molecule has 2 aromatic carbocycles. The number of ether oxygens (including phenoxy) is 3. The Morgan fingerprint density at radius 2 is 1.68 bits per heavy atom. The summed E-state index contributed by atoms with van der Waals surface area (Å²) in [5.41, 5.74) is 5.32. The molecular formula is C74H90F2N12O9S3Si. The van der Waals surface area contributed by atoms with Gasteiger partial charge in [0.25, 0.3) is 5.92 Å². The summed E-state index contributed by atoms with van der Waals surface area (Å²) in [6.07, 6.45) is 13.2. The van der Waals surface area contributed by atoms with Crippen LogP contribution >= 0.6 is 34.0 Å². The Bertz CT molecular complexity index is 4510. The van der Waals surface area contributed by atoms with Crippen LogP contribution in [-0.2, 0) is 30.6 Å². The molecule has 2 saturated carbocycles. The Morgan fingerprint density at radius 1 is 0.950 bits per heavy atom. The highest BCUT2D eigenvalue weighted by Crippen LogP contribution is 2.62. The number of thiophene rings is 2. The van der Waals surface area contributed by atoms with E-state index in [1.807, 2.05) is 93.0 Å². The maximum atomic E-state index is 16.1. The van der Waals surface area contributed by atoms with Crippen LogP contribution in [0.3, 0.4) is 0 Å². The molecule has 2 unspecified atom stereocenters. The second-order valence-corrected chi connectivity index (χ2v) is 40.1. The van der Waals surface area contributed by atoms with Crippen LogP contribution in [0.1, 0.15) is 115 Å². The Hall–Kier alpha value is -7.29. The number of carbonyl (C=O) groups is 4. The number of benzene rings is 2. The van der Waals surface area contributed by atoms with Crippen molar-refractivity contribution < 1.29 is 52.4 Å². The summed E-state index contributed by atoms with van der Waals surface area (Å²) in [5, 5.41) is 37.4. The van der Waals surface area contributed by atoms with Crippen molar-refractivity contribution in [2.24, 2.45) is 22.7 Å². The van der Waals surface area contributed by atoms with E-state index in [0.29, 0.717) is 54.7 Å². The molecule has 14 rings (SSSR count). The van der Waals surface area contributed by atoms with Crippen molar-refractivity contribution in [1.82, 2.24) is 55.0 Å². The maximum absolute atomic E-state index is 16.1. The van der Waals surface area contributed by atoms with E-state index in [2.05, 4.69) is 57.0 Å². The highest BCUT2D eigenvalue weighted by molar-refractivity contribution is 7.26. The van der Waals surface area contributed by atoms with Gasteiger partial charge in [0.1, 0.15) is 41.7 Å². The van der Waals surface area contributed by atoms with Crippen LogP contribution in [0.2, 0.25) is 25.7 Å². The number of piperazine rings is 1. The predicted molar refractivity (Wildman–Crippen MR) is 392 cm³/mol. The summed E-state index contributed by atoms with van der Waals surface area (Å²) in [6.45, 7) is 20.6. The van der Waals surface area contributed by atoms with Crippen molar-refractivity contribution in [3.8, 4) is 40.1 Å². The van der Waals surface area contributed by atoms with E-state index < -0.39 is 61.1 Å². The van der Waals surface area contributed by atoms with Crippen LogP contribution < -0.4 is 20.3 Å². The molecular weight excluding hydrogens is 1360 g/mol. The van der Waals surface area contributed by atoms with Gasteiger partial charge in [-0.05, 0) is 126 Å². The molecule has 6 fully saturated rings. The summed E-state index contributed by atoms with van der Waals surface area (Å²) in [4.78, 5) is 84.9. The first-order valence-corrected chi connectivity index (χ1v) is 41.6. The standard InChI is InChI=1S/C74H90F2N12O9S3Si/c1-11-45-36-98-56-28-54-52(31-79-87(54)41-95-24-25-101(8,9)10)59(58(45)56)62-64-51(18-21-77-62)60-65(85-32-48-16-17-49(33-85)88(48)70(94)97-71(5,6)7)82-69(83-67(60)100-64)96-39-73(37-74(73,75)76)38-84-22-19-72(20-23-84)29-44(30-72)26-57(91)81-61(42(2)3)68(93)86-34-50(90)27-55(86)66(92)80-53(35-89)46-12-14-47(15-13-46)63-43(4)78-40-99-63/h1,12-15,18,21,28,31,36,40,42,44,48-50,53,55,61,89-90H,16-17,19-20,22-27,29-30,32-35,37-39,41H2,2-10H3,(H,80,92)(H,81,91)/t48?,49?,50-,53+,55+,61+,73-/m1/s1. The summed E-state index contributed by atoms with van der Waals surface area (Å²) >= 11 is 4.53. The summed E-state index contributed by atoms with van der Waals surface area (Å²) in [6, 6.07) is 9.58. The van der Waals surface area contributed by atoms with Crippen molar-refractivity contribution in [3.05, 3.63) is 76.5 Å². The molecule has 6 aromatic heterocycles. The number of piperidine rings is 1. The molecule has 536 valence electrons. The second-order valence-electron chi connectivity index (χ2n) is 31.7. The number of terminal acetylenes is 1. The van der Waals surface area contributed by atoms with Crippen molar-refractivity contribution in [3.63, 3.8) is 0 Å². The lowest BCUT2D eigenvalue weighted by atomic mass is 9.56. The van der Waals surface area contributed by atoms with E-state index in [0.717, 1.165) is 108 Å². The lowest BCUT2D eigenvalue weighted by Gasteiger charge is -2.52. The second kappa shape index (κ2) is 27.4. The predicted octanol–water partition coefficient (Wildman–Crippen LogP) is 12.0. The SMILES string of the molecule is C#Cc1csc2cc3c(cnn3COCC[Si](C)(C)C)c(-c3nccc4c3sc3nc(OC[C@]5(CN6CCC7(CC6)CC(CC(=O)N[C@H](C(=O)N6C[C@H](O)C[C@H]6C(=O)N[C@@H](CO)c6ccc(-c8scnc8C)cc6)C(C)C)C7)CC5(F)F)nc(N5CC6CCC(C5)N6C(=O)OC(C)(C)C)c34)c12. The normalized spacial score (nSPS) is 22.7. The summed E-state index contributed by atoms with van der Waals surface area (Å²) in [7, 11) is -1.34. The lowest BCUT2D eigenvalue weighted by molar-refractivity contribution is -0.143. The first-order valence-electron chi connectivity index (χ1n) is 35.3. The van der Waals surface area contributed by atoms with Crippen molar-refractivity contribution in [1.29, 1.82) is 0 Å². The number of aliphatic hydroxyl groups excluding tert-OH is 2. The van der Waals surface area contributed by atoms with Gasteiger partial charge in [-0.15, -0.1) is 40.4 Å². The Morgan fingerprint density at radius 3 is 2.34 bits per heavy atom. The number of amides is 4. The number of rotatable bonds is 22. The van der Waals surface area contributed by atoms with Gasteiger partial charge in [0.2, 0.25) is 17.7 Å². The zero-order valence-electron chi connectivity index (χ0n) is 58.8. The number of anilines is 1. The third-order valence-corrected chi connectivity index (χ3v) is 26.4. The smallest absolute Gasteiger partial charge is 0.410 e. The van der Waals surface area contributed by atoms with Gasteiger partial charge in [0.05, 0.1) is 79.8 Å². The number of nitrogens with one attached hydrogen (secondary N) is 2. The average Bonchev–Trinajstić information content (AvgIpc) is 1.57. The molecule has 7 atom stereocenters. The molecule has 0 radical (unpaired) electrons. The minimum absolute atomic E-state index is 0.00777. The molecule has 6 aliphatic rings. The number of aliphatic hydroxyl groups is 2. The zero-order valence-corrected chi connectivity index (χ0v) is 62.3. The molecule has 2 bridgehead atoms. The molecule has 10 heterocycles. The van der Waals surface area contributed by atoms with Gasteiger partial charge in [-0.1, -0.05) is 63.7 Å². The summed E-state index contributed by atoms with van der Waals surface area (Å²) < 4.78 is 54.7.